The molecule has 0 aromatic rings. The lowest BCUT2D eigenvalue weighted by atomic mass is 10.0. The number of likely N-dealkylation sites (tertiary alicyclic amines) is 2. The first-order valence-electron chi connectivity index (χ1n) is 7.00. The van der Waals surface area contributed by atoms with Crippen molar-refractivity contribution in [2.45, 2.75) is 44.2 Å². The number of amides is 2. The number of carbonyl (C=O) groups excluding carboxylic acids is 2. The van der Waals surface area contributed by atoms with Gasteiger partial charge < -0.3 is 20.0 Å². The van der Waals surface area contributed by atoms with Gasteiger partial charge in [0.1, 0.15) is 12.1 Å². The summed E-state index contributed by atoms with van der Waals surface area (Å²) in [6, 6.07) is -1.99. The Kier molecular flexibility index (Phi) is 4.44. The summed E-state index contributed by atoms with van der Waals surface area (Å²) in [4.78, 5) is 48.8. The largest absolute Gasteiger partial charge is 0.480 e. The van der Waals surface area contributed by atoms with E-state index in [9.17, 15) is 19.2 Å². The van der Waals surface area contributed by atoms with Crippen LogP contribution in [0.5, 0.6) is 0 Å². The molecule has 2 aliphatic heterocycles. The highest BCUT2D eigenvalue weighted by Gasteiger charge is 2.41. The number of carbonyl (C=O) groups is 4. The van der Waals surface area contributed by atoms with Gasteiger partial charge in [0.05, 0.1) is 0 Å². The van der Waals surface area contributed by atoms with Crippen molar-refractivity contribution in [1.29, 1.82) is 0 Å². The highest BCUT2D eigenvalue weighted by atomic mass is 16.4. The lowest BCUT2D eigenvalue weighted by Crippen LogP contribution is -2.55. The van der Waals surface area contributed by atoms with Gasteiger partial charge in [-0.05, 0) is 32.1 Å². The van der Waals surface area contributed by atoms with Gasteiger partial charge in [0.25, 0.3) is 0 Å². The van der Waals surface area contributed by atoms with Crippen LogP contribution in [0.25, 0.3) is 0 Å². The molecule has 2 rings (SSSR count). The van der Waals surface area contributed by atoms with Crippen molar-refractivity contribution < 1.29 is 29.4 Å². The molecule has 2 N–H and O–H groups in total. The molecule has 0 bridgehead atoms. The molecule has 2 amide bonds. The molecule has 2 atom stereocenters. The second-order valence-electron chi connectivity index (χ2n) is 5.34. The molecule has 0 radical (unpaired) electrons. The zero-order valence-corrected chi connectivity index (χ0v) is 11.5. The highest BCUT2D eigenvalue weighted by Crippen LogP contribution is 2.21. The molecule has 0 spiro atoms. The SMILES string of the molecule is O=C(O)[C@H]1CCCCN1C(=O)C(=O)N1CCC[C@@H]1C(=O)O. The molecule has 0 aromatic carbocycles. The molecule has 0 aliphatic carbocycles. The zero-order chi connectivity index (χ0) is 15.6. The van der Waals surface area contributed by atoms with Crippen molar-refractivity contribution in [3.8, 4) is 0 Å². The molecule has 2 heterocycles. The standard InChI is InChI=1S/C13H18N2O6/c16-10(14-6-2-1-4-8(14)12(18)19)11(17)15-7-3-5-9(15)13(20)21/h8-9H,1-7H2,(H,18,19)(H,20,21)/t8-,9-/m1/s1. The maximum absolute atomic E-state index is 12.2. The van der Waals surface area contributed by atoms with Gasteiger partial charge in [-0.2, -0.15) is 0 Å². The molecule has 21 heavy (non-hydrogen) atoms. The maximum atomic E-state index is 12.2. The third-order valence-electron chi connectivity index (χ3n) is 4.03. The predicted octanol–water partition coefficient (Wildman–Crippen LogP) is -0.472. The number of piperidine rings is 1. The average Bonchev–Trinajstić information content (AvgIpc) is 2.95. The summed E-state index contributed by atoms with van der Waals surface area (Å²) in [6.07, 6.45) is 2.49. The van der Waals surface area contributed by atoms with Gasteiger partial charge in [-0.1, -0.05) is 0 Å². The third-order valence-corrected chi connectivity index (χ3v) is 4.03. The molecule has 8 heteroatoms. The summed E-state index contributed by atoms with van der Waals surface area (Å²) in [5.41, 5.74) is 0. The molecular weight excluding hydrogens is 280 g/mol. The monoisotopic (exact) mass is 298 g/mol. The summed E-state index contributed by atoms with van der Waals surface area (Å²) in [6.45, 7) is 0.431. The maximum Gasteiger partial charge on any atom is 0.326 e. The fourth-order valence-corrected chi connectivity index (χ4v) is 2.94. The first-order valence-corrected chi connectivity index (χ1v) is 7.00. The van der Waals surface area contributed by atoms with Crippen LogP contribution in [0.15, 0.2) is 0 Å². The summed E-state index contributed by atoms with van der Waals surface area (Å²) in [5.74, 6) is -4.09. The lowest BCUT2D eigenvalue weighted by Gasteiger charge is -2.33. The zero-order valence-electron chi connectivity index (χ0n) is 11.5. The van der Waals surface area contributed by atoms with Crippen molar-refractivity contribution >= 4 is 23.8 Å². The van der Waals surface area contributed by atoms with E-state index in [4.69, 9.17) is 10.2 Å². The second-order valence-corrected chi connectivity index (χ2v) is 5.34. The summed E-state index contributed by atoms with van der Waals surface area (Å²) >= 11 is 0. The van der Waals surface area contributed by atoms with E-state index in [1.807, 2.05) is 0 Å². The minimum atomic E-state index is -1.14. The van der Waals surface area contributed by atoms with Gasteiger partial charge in [0.15, 0.2) is 0 Å². The number of carboxylic acids is 2. The number of carboxylic acid groups (broad SMARTS) is 2. The minimum absolute atomic E-state index is 0.215. The van der Waals surface area contributed by atoms with Gasteiger partial charge in [-0.3, -0.25) is 9.59 Å². The molecule has 2 fully saturated rings. The number of rotatable bonds is 2. The molecular formula is C13H18N2O6. The van der Waals surface area contributed by atoms with E-state index in [0.717, 1.165) is 9.80 Å². The van der Waals surface area contributed by atoms with E-state index in [0.29, 0.717) is 32.1 Å². The second kappa shape index (κ2) is 6.11. The fraction of sp³-hybridized carbons (Fsp3) is 0.692. The Morgan fingerprint density at radius 2 is 1.14 bits per heavy atom. The van der Waals surface area contributed by atoms with E-state index < -0.39 is 35.8 Å². The van der Waals surface area contributed by atoms with Crippen molar-refractivity contribution in [2.75, 3.05) is 13.1 Å². The Morgan fingerprint density at radius 3 is 1.62 bits per heavy atom. The topological polar surface area (TPSA) is 115 Å². The smallest absolute Gasteiger partial charge is 0.326 e. The Labute approximate surface area is 121 Å². The average molecular weight is 298 g/mol. The quantitative estimate of drug-likeness (QED) is 0.666. The van der Waals surface area contributed by atoms with Gasteiger partial charge >= 0.3 is 23.8 Å². The van der Waals surface area contributed by atoms with E-state index in [1.54, 1.807) is 0 Å². The predicted molar refractivity (Wildman–Crippen MR) is 69.4 cm³/mol. The summed E-state index contributed by atoms with van der Waals surface area (Å²) < 4.78 is 0. The van der Waals surface area contributed by atoms with Crippen molar-refractivity contribution in [2.24, 2.45) is 0 Å². The molecule has 0 aromatic heterocycles. The fourth-order valence-electron chi connectivity index (χ4n) is 2.94. The van der Waals surface area contributed by atoms with Crippen LogP contribution < -0.4 is 0 Å². The Balaban J connectivity index is 2.12. The van der Waals surface area contributed by atoms with Crippen LogP contribution in [0.4, 0.5) is 0 Å². The number of hydrogen-bond donors (Lipinski definition) is 2. The Hall–Kier alpha value is -2.12. The van der Waals surface area contributed by atoms with Gasteiger partial charge in [0, 0.05) is 13.1 Å². The lowest BCUT2D eigenvalue weighted by molar-refractivity contribution is -0.161. The van der Waals surface area contributed by atoms with Gasteiger partial charge in [-0.25, -0.2) is 9.59 Å². The molecule has 2 saturated heterocycles. The van der Waals surface area contributed by atoms with Crippen LogP contribution in [0.1, 0.15) is 32.1 Å². The minimum Gasteiger partial charge on any atom is -0.480 e. The van der Waals surface area contributed by atoms with Crippen LogP contribution in [0, 0.1) is 0 Å². The van der Waals surface area contributed by atoms with Gasteiger partial charge in [0.2, 0.25) is 0 Å². The first-order chi connectivity index (χ1) is 9.93. The van der Waals surface area contributed by atoms with Crippen LogP contribution in [0.3, 0.4) is 0 Å². The van der Waals surface area contributed by atoms with Crippen molar-refractivity contribution in [3.63, 3.8) is 0 Å². The number of aliphatic carboxylic acids is 2. The number of hydrogen-bond acceptors (Lipinski definition) is 4. The number of nitrogens with zero attached hydrogens (tertiary/aromatic N) is 2. The summed E-state index contributed by atoms with van der Waals surface area (Å²) in [5, 5.41) is 18.2. The Bertz CT molecular complexity index is 477. The van der Waals surface area contributed by atoms with Crippen LogP contribution >= 0.6 is 0 Å². The van der Waals surface area contributed by atoms with Crippen LogP contribution in [0.2, 0.25) is 0 Å². The van der Waals surface area contributed by atoms with Crippen LogP contribution in [-0.4, -0.2) is 68.9 Å². The summed E-state index contributed by atoms with van der Waals surface area (Å²) in [7, 11) is 0. The highest BCUT2D eigenvalue weighted by molar-refractivity contribution is 6.35. The van der Waals surface area contributed by atoms with E-state index in [-0.39, 0.29) is 13.1 Å². The van der Waals surface area contributed by atoms with Crippen molar-refractivity contribution in [1.82, 2.24) is 9.80 Å². The van der Waals surface area contributed by atoms with E-state index >= 15 is 0 Å². The van der Waals surface area contributed by atoms with Crippen LogP contribution in [-0.2, 0) is 19.2 Å². The Morgan fingerprint density at radius 1 is 0.714 bits per heavy atom. The molecule has 8 nitrogen and oxygen atoms in total. The first kappa shape index (κ1) is 15.3. The van der Waals surface area contributed by atoms with E-state index in [2.05, 4.69) is 0 Å². The normalized spacial score (nSPS) is 25.7. The van der Waals surface area contributed by atoms with E-state index in [1.165, 1.54) is 0 Å². The molecule has 0 saturated carbocycles. The van der Waals surface area contributed by atoms with Gasteiger partial charge in [-0.15, -0.1) is 0 Å². The third kappa shape index (κ3) is 2.98. The molecule has 2 aliphatic rings. The molecule has 0 unspecified atom stereocenters. The molecule has 116 valence electrons. The van der Waals surface area contributed by atoms with Crippen molar-refractivity contribution in [3.05, 3.63) is 0 Å².